The summed E-state index contributed by atoms with van der Waals surface area (Å²) in [5.41, 5.74) is 6.76. The first kappa shape index (κ1) is 24.8. The molecule has 3 aromatic rings. The van der Waals surface area contributed by atoms with Crippen molar-refractivity contribution in [3.8, 4) is 11.1 Å². The van der Waals surface area contributed by atoms with Gasteiger partial charge in [0.2, 0.25) is 0 Å². The zero-order valence-corrected chi connectivity index (χ0v) is 20.7. The van der Waals surface area contributed by atoms with Crippen LogP contribution in [-0.2, 0) is 7.05 Å². The first-order chi connectivity index (χ1) is 14.8. The summed E-state index contributed by atoms with van der Waals surface area (Å²) in [5.74, 6) is 0.950. The van der Waals surface area contributed by atoms with Crippen LogP contribution >= 0.6 is 0 Å². The highest BCUT2D eigenvalue weighted by Gasteiger charge is 2.12. The van der Waals surface area contributed by atoms with E-state index < -0.39 is 0 Å². The Morgan fingerprint density at radius 3 is 2.32 bits per heavy atom. The lowest BCUT2D eigenvalue weighted by Crippen LogP contribution is -2.34. The summed E-state index contributed by atoms with van der Waals surface area (Å²) in [7, 11) is 1.95. The Hall–Kier alpha value is -2.46. The van der Waals surface area contributed by atoms with Crippen molar-refractivity contribution in [2.45, 2.75) is 67.3 Å². The van der Waals surface area contributed by atoms with Crippen molar-refractivity contribution in [2.75, 3.05) is 6.54 Å². The number of aromatic nitrogens is 2. The standard InChI is InChI=1S/C18H19N3.C7H15N.C2H6/c1-12(2)19-17-7-5-14(9-13(17)3)15-6-8-18-16(10-15)11-21(4)20-18;1-6-3-4-8-7(2)5-6;1-2/h5-11H,1-4H3;6-8H,3-5H2,1-2H3;1-2H3. The van der Waals surface area contributed by atoms with Crippen molar-refractivity contribution >= 4 is 22.3 Å². The molecule has 0 radical (unpaired) electrons. The van der Waals surface area contributed by atoms with E-state index >= 15 is 0 Å². The minimum Gasteiger partial charge on any atom is -0.314 e. The highest BCUT2D eigenvalue weighted by molar-refractivity contribution is 5.85. The van der Waals surface area contributed by atoms with Crippen molar-refractivity contribution in [2.24, 2.45) is 18.0 Å². The first-order valence-corrected chi connectivity index (χ1v) is 11.6. The molecule has 2 aromatic carbocycles. The van der Waals surface area contributed by atoms with Crippen molar-refractivity contribution in [1.82, 2.24) is 15.1 Å². The van der Waals surface area contributed by atoms with E-state index in [-0.39, 0.29) is 0 Å². The van der Waals surface area contributed by atoms with Gasteiger partial charge < -0.3 is 5.32 Å². The van der Waals surface area contributed by atoms with Crippen molar-refractivity contribution in [3.05, 3.63) is 48.2 Å². The van der Waals surface area contributed by atoms with Gasteiger partial charge in [0, 0.05) is 30.4 Å². The maximum absolute atomic E-state index is 4.55. The van der Waals surface area contributed by atoms with E-state index in [1.807, 2.05) is 45.6 Å². The fourth-order valence-electron chi connectivity index (χ4n) is 3.91. The van der Waals surface area contributed by atoms with Gasteiger partial charge in [-0.05, 0) is 94.0 Å². The molecule has 4 heteroatoms. The van der Waals surface area contributed by atoms with Crippen LogP contribution < -0.4 is 5.32 Å². The molecular formula is C27H40N4. The van der Waals surface area contributed by atoms with Gasteiger partial charge in [0.05, 0.1) is 11.2 Å². The molecule has 2 heterocycles. The van der Waals surface area contributed by atoms with Crippen molar-refractivity contribution in [1.29, 1.82) is 0 Å². The molecule has 1 aromatic heterocycles. The van der Waals surface area contributed by atoms with Gasteiger partial charge in [-0.1, -0.05) is 32.9 Å². The van der Waals surface area contributed by atoms with Crippen LogP contribution in [0.5, 0.6) is 0 Å². The molecule has 2 atom stereocenters. The SMILES string of the molecule is CC.CC(C)=Nc1ccc(-c2ccc3nn(C)cc3c2)cc1C.CC1CCNC(C)C1. The molecule has 1 aliphatic heterocycles. The van der Waals surface area contributed by atoms with Crippen LogP contribution in [0.15, 0.2) is 47.6 Å². The number of aliphatic imine (C=N–C) groups is 1. The van der Waals surface area contributed by atoms with E-state index in [4.69, 9.17) is 0 Å². The highest BCUT2D eigenvalue weighted by Crippen LogP contribution is 2.28. The quantitative estimate of drug-likeness (QED) is 0.450. The highest BCUT2D eigenvalue weighted by atomic mass is 15.2. The fraction of sp³-hybridized carbons (Fsp3) is 0.481. The minimum absolute atomic E-state index is 0.763. The zero-order valence-electron chi connectivity index (χ0n) is 20.7. The molecule has 1 aliphatic rings. The number of benzene rings is 2. The van der Waals surface area contributed by atoms with Gasteiger partial charge in [-0.2, -0.15) is 5.10 Å². The first-order valence-electron chi connectivity index (χ1n) is 11.6. The largest absolute Gasteiger partial charge is 0.314 e. The van der Waals surface area contributed by atoms with Crippen LogP contribution in [0.2, 0.25) is 0 Å². The molecule has 1 saturated heterocycles. The Bertz CT molecular complexity index is 988. The summed E-state index contributed by atoms with van der Waals surface area (Å²) in [6, 6.07) is 13.6. The molecule has 0 saturated carbocycles. The summed E-state index contributed by atoms with van der Waals surface area (Å²) >= 11 is 0. The molecule has 1 fully saturated rings. The normalized spacial score (nSPS) is 17.8. The average molecular weight is 421 g/mol. The van der Waals surface area contributed by atoms with Crippen LogP contribution in [0.3, 0.4) is 0 Å². The lowest BCUT2D eigenvalue weighted by atomic mass is 9.96. The molecule has 0 aliphatic carbocycles. The Labute approximate surface area is 188 Å². The third-order valence-corrected chi connectivity index (χ3v) is 5.38. The predicted molar refractivity (Wildman–Crippen MR) is 137 cm³/mol. The maximum atomic E-state index is 4.55. The molecule has 31 heavy (non-hydrogen) atoms. The van der Waals surface area contributed by atoms with Crippen LogP contribution in [0.25, 0.3) is 22.0 Å². The van der Waals surface area contributed by atoms with Gasteiger partial charge in [-0.15, -0.1) is 0 Å². The molecule has 2 unspecified atom stereocenters. The van der Waals surface area contributed by atoms with Gasteiger partial charge in [0.25, 0.3) is 0 Å². The summed E-state index contributed by atoms with van der Waals surface area (Å²) in [4.78, 5) is 4.55. The van der Waals surface area contributed by atoms with Gasteiger partial charge in [-0.25, -0.2) is 0 Å². The van der Waals surface area contributed by atoms with E-state index in [1.165, 1.54) is 41.5 Å². The van der Waals surface area contributed by atoms with Gasteiger partial charge in [0.1, 0.15) is 0 Å². The second-order valence-electron chi connectivity index (χ2n) is 8.62. The monoisotopic (exact) mass is 420 g/mol. The smallest absolute Gasteiger partial charge is 0.0923 e. The molecule has 0 bridgehead atoms. The minimum atomic E-state index is 0.763. The number of nitrogens with one attached hydrogen (secondary N) is 1. The topological polar surface area (TPSA) is 42.2 Å². The third kappa shape index (κ3) is 7.32. The molecule has 0 amide bonds. The van der Waals surface area contributed by atoms with E-state index in [1.54, 1.807) is 0 Å². The lowest BCUT2D eigenvalue weighted by Gasteiger charge is -2.24. The summed E-state index contributed by atoms with van der Waals surface area (Å²) in [6.07, 6.45) is 4.77. The summed E-state index contributed by atoms with van der Waals surface area (Å²) in [6.45, 7) is 16.0. The Balaban J connectivity index is 0.000000286. The van der Waals surface area contributed by atoms with Gasteiger partial charge >= 0.3 is 0 Å². The van der Waals surface area contributed by atoms with Crippen LogP contribution in [-0.4, -0.2) is 28.1 Å². The Morgan fingerprint density at radius 2 is 1.74 bits per heavy atom. The molecule has 168 valence electrons. The fourth-order valence-corrected chi connectivity index (χ4v) is 3.91. The van der Waals surface area contributed by atoms with E-state index in [0.717, 1.165) is 28.9 Å². The second-order valence-corrected chi connectivity index (χ2v) is 8.62. The number of nitrogens with zero attached hydrogens (tertiary/aromatic N) is 3. The number of rotatable bonds is 2. The van der Waals surface area contributed by atoms with E-state index in [9.17, 15) is 0 Å². The molecule has 1 N–H and O–H groups in total. The third-order valence-electron chi connectivity index (χ3n) is 5.38. The summed E-state index contributed by atoms with van der Waals surface area (Å²) < 4.78 is 1.85. The van der Waals surface area contributed by atoms with Gasteiger partial charge in [-0.3, -0.25) is 9.67 Å². The molecule has 4 nitrogen and oxygen atoms in total. The molecule has 4 rings (SSSR count). The van der Waals surface area contributed by atoms with E-state index in [2.05, 4.69) is 72.6 Å². The number of aryl methyl sites for hydroxylation is 2. The predicted octanol–water partition coefficient (Wildman–Crippen LogP) is 7.08. The lowest BCUT2D eigenvalue weighted by molar-refractivity contribution is 0.336. The summed E-state index contributed by atoms with van der Waals surface area (Å²) in [5, 5.41) is 8.99. The van der Waals surface area contributed by atoms with Crippen LogP contribution in [0, 0.1) is 12.8 Å². The number of piperidine rings is 1. The Kier molecular flexibility index (Phi) is 9.44. The second kappa shape index (κ2) is 11.8. The number of fused-ring (bicyclic) bond motifs is 1. The molecular weight excluding hydrogens is 380 g/mol. The number of hydrogen-bond acceptors (Lipinski definition) is 3. The number of hydrogen-bond donors (Lipinski definition) is 1. The van der Waals surface area contributed by atoms with Crippen molar-refractivity contribution < 1.29 is 0 Å². The van der Waals surface area contributed by atoms with Crippen LogP contribution in [0.1, 0.15) is 59.9 Å². The molecule has 0 spiro atoms. The maximum Gasteiger partial charge on any atom is 0.0923 e. The van der Waals surface area contributed by atoms with Crippen LogP contribution in [0.4, 0.5) is 5.69 Å². The van der Waals surface area contributed by atoms with Crippen molar-refractivity contribution in [3.63, 3.8) is 0 Å². The average Bonchev–Trinajstić information content (AvgIpc) is 3.10. The Morgan fingerprint density at radius 1 is 1.06 bits per heavy atom. The van der Waals surface area contributed by atoms with Gasteiger partial charge in [0.15, 0.2) is 0 Å². The van der Waals surface area contributed by atoms with E-state index in [0.29, 0.717) is 0 Å². The zero-order chi connectivity index (χ0) is 23.0.